The Morgan fingerprint density at radius 3 is 2.68 bits per heavy atom. The normalized spacial score (nSPS) is 16.1. The van der Waals surface area contributed by atoms with Gasteiger partial charge in [0.1, 0.15) is 0 Å². The molecule has 0 spiro atoms. The first-order chi connectivity index (χ1) is 13.4. The molecule has 1 unspecified atom stereocenters. The molecule has 3 rings (SSSR count). The summed E-state index contributed by atoms with van der Waals surface area (Å²) >= 11 is 1.37. The number of nitrogens with one attached hydrogen (secondary N) is 2. The fourth-order valence-corrected chi connectivity index (χ4v) is 5.00. The molecule has 7 nitrogen and oxygen atoms in total. The van der Waals surface area contributed by atoms with Crippen LogP contribution in [0, 0.1) is 5.92 Å². The second kappa shape index (κ2) is 9.02. The van der Waals surface area contributed by atoms with Gasteiger partial charge in [0.2, 0.25) is 5.91 Å². The van der Waals surface area contributed by atoms with Gasteiger partial charge in [0, 0.05) is 25.7 Å². The van der Waals surface area contributed by atoms with Crippen LogP contribution in [0.5, 0.6) is 0 Å². The highest BCUT2D eigenvalue weighted by Gasteiger charge is 2.31. The van der Waals surface area contributed by atoms with Crippen molar-refractivity contribution in [3.05, 3.63) is 41.4 Å². The second-order valence-electron chi connectivity index (χ2n) is 7.00. The standard InChI is InChI=1S/C19H26N4O3S2/c1-20-28(25,26)23(2)17-10-6-5-9-15(17)16(13-14-7-3-4-8-14)18(24)22-19-21-11-12-27-19/h5-6,9-12,14,16,20H,3-4,7-8,13H2,1-2H3,(H,21,22,24). The van der Waals surface area contributed by atoms with Crippen LogP contribution in [-0.4, -0.2) is 33.4 Å². The molecule has 1 aromatic carbocycles. The maximum atomic E-state index is 13.2. The van der Waals surface area contributed by atoms with E-state index in [1.807, 2.05) is 17.5 Å². The fourth-order valence-electron chi connectivity index (χ4n) is 3.77. The first-order valence-corrected chi connectivity index (χ1v) is 11.7. The van der Waals surface area contributed by atoms with Gasteiger partial charge in [0.15, 0.2) is 5.13 Å². The lowest BCUT2D eigenvalue weighted by Crippen LogP contribution is -2.37. The minimum Gasteiger partial charge on any atom is -0.301 e. The van der Waals surface area contributed by atoms with E-state index in [2.05, 4.69) is 15.0 Å². The van der Waals surface area contributed by atoms with Crippen molar-refractivity contribution in [2.24, 2.45) is 5.92 Å². The molecule has 0 bridgehead atoms. The molecule has 9 heteroatoms. The van der Waals surface area contributed by atoms with Gasteiger partial charge in [-0.3, -0.25) is 9.10 Å². The molecule has 152 valence electrons. The van der Waals surface area contributed by atoms with E-state index in [9.17, 15) is 13.2 Å². The number of nitrogens with zero attached hydrogens (tertiary/aromatic N) is 2. The van der Waals surface area contributed by atoms with E-state index < -0.39 is 16.1 Å². The van der Waals surface area contributed by atoms with Crippen LogP contribution in [0.3, 0.4) is 0 Å². The van der Waals surface area contributed by atoms with Crippen LogP contribution in [0.15, 0.2) is 35.8 Å². The van der Waals surface area contributed by atoms with Crippen molar-refractivity contribution in [1.82, 2.24) is 9.71 Å². The van der Waals surface area contributed by atoms with E-state index in [0.717, 1.165) is 12.8 Å². The average Bonchev–Trinajstić information content (AvgIpc) is 3.39. The third kappa shape index (κ3) is 4.71. The Morgan fingerprint density at radius 2 is 2.04 bits per heavy atom. The summed E-state index contributed by atoms with van der Waals surface area (Å²) in [6, 6.07) is 7.21. The van der Waals surface area contributed by atoms with E-state index in [1.165, 1.54) is 42.6 Å². The SMILES string of the molecule is CNS(=O)(=O)N(C)c1ccccc1C(CC1CCCC1)C(=O)Nc1nccs1. The molecule has 1 atom stereocenters. The molecule has 2 aromatic rings. The Bertz CT molecular complexity index is 894. The summed E-state index contributed by atoms with van der Waals surface area (Å²) in [5.74, 6) is -0.131. The molecule has 1 aromatic heterocycles. The quantitative estimate of drug-likeness (QED) is 0.682. The van der Waals surface area contributed by atoms with Crippen LogP contribution in [0.2, 0.25) is 0 Å². The van der Waals surface area contributed by atoms with Gasteiger partial charge in [0.25, 0.3) is 0 Å². The number of hydrogen-bond acceptors (Lipinski definition) is 5. The highest BCUT2D eigenvalue weighted by molar-refractivity contribution is 7.90. The number of carbonyl (C=O) groups is 1. The van der Waals surface area contributed by atoms with Gasteiger partial charge < -0.3 is 5.32 Å². The van der Waals surface area contributed by atoms with E-state index in [0.29, 0.717) is 28.7 Å². The minimum absolute atomic E-state index is 0.149. The van der Waals surface area contributed by atoms with Gasteiger partial charge in [-0.05, 0) is 24.0 Å². The van der Waals surface area contributed by atoms with Gasteiger partial charge in [-0.2, -0.15) is 8.42 Å². The average molecular weight is 423 g/mol. The summed E-state index contributed by atoms with van der Waals surface area (Å²) in [4.78, 5) is 17.3. The number of aromatic nitrogens is 1. The number of benzene rings is 1. The zero-order valence-corrected chi connectivity index (χ0v) is 17.7. The van der Waals surface area contributed by atoms with Crippen LogP contribution in [0.25, 0.3) is 0 Å². The van der Waals surface area contributed by atoms with E-state index in [1.54, 1.807) is 18.3 Å². The molecule has 0 radical (unpaired) electrons. The third-order valence-corrected chi connectivity index (χ3v) is 7.41. The first-order valence-electron chi connectivity index (χ1n) is 9.39. The summed E-state index contributed by atoms with van der Waals surface area (Å²) in [6.07, 6.45) is 6.92. The molecule has 1 heterocycles. The third-order valence-electron chi connectivity index (χ3n) is 5.29. The van der Waals surface area contributed by atoms with Crippen molar-refractivity contribution in [3.8, 4) is 0 Å². The Morgan fingerprint density at radius 1 is 1.32 bits per heavy atom. The van der Waals surface area contributed by atoms with E-state index >= 15 is 0 Å². The van der Waals surface area contributed by atoms with Crippen molar-refractivity contribution in [1.29, 1.82) is 0 Å². The van der Waals surface area contributed by atoms with Crippen molar-refractivity contribution < 1.29 is 13.2 Å². The Balaban J connectivity index is 1.96. The topological polar surface area (TPSA) is 91.4 Å². The molecule has 1 aliphatic carbocycles. The lowest BCUT2D eigenvalue weighted by molar-refractivity contribution is -0.118. The highest BCUT2D eigenvalue weighted by atomic mass is 32.2. The Labute approximate surface area is 170 Å². The maximum absolute atomic E-state index is 13.2. The second-order valence-corrected chi connectivity index (χ2v) is 9.80. The monoisotopic (exact) mass is 422 g/mol. The number of para-hydroxylation sites is 1. The number of amides is 1. The van der Waals surface area contributed by atoms with Crippen LogP contribution in [0.4, 0.5) is 10.8 Å². The van der Waals surface area contributed by atoms with Crippen molar-refractivity contribution in [3.63, 3.8) is 0 Å². The van der Waals surface area contributed by atoms with Crippen molar-refractivity contribution in [2.45, 2.75) is 38.0 Å². The van der Waals surface area contributed by atoms with Gasteiger partial charge in [-0.25, -0.2) is 9.71 Å². The summed E-state index contributed by atoms with van der Waals surface area (Å²) < 4.78 is 28.2. The number of carbonyl (C=O) groups excluding carboxylic acids is 1. The van der Waals surface area contributed by atoms with E-state index in [4.69, 9.17) is 0 Å². The molecule has 1 fully saturated rings. The minimum atomic E-state index is -3.67. The summed E-state index contributed by atoms with van der Waals surface area (Å²) in [5, 5.41) is 5.26. The number of thiazole rings is 1. The predicted octanol–water partition coefficient (Wildman–Crippen LogP) is 3.35. The fraction of sp³-hybridized carbons (Fsp3) is 0.474. The molecular weight excluding hydrogens is 396 g/mol. The van der Waals surface area contributed by atoms with Crippen LogP contribution < -0.4 is 14.3 Å². The summed E-state index contributed by atoms with van der Waals surface area (Å²) in [5.41, 5.74) is 1.22. The summed E-state index contributed by atoms with van der Waals surface area (Å²) in [7, 11) is -0.798. The van der Waals surface area contributed by atoms with Crippen LogP contribution >= 0.6 is 11.3 Å². The van der Waals surface area contributed by atoms with Gasteiger partial charge in [0.05, 0.1) is 11.6 Å². The van der Waals surface area contributed by atoms with Gasteiger partial charge in [-0.1, -0.05) is 43.9 Å². The molecule has 28 heavy (non-hydrogen) atoms. The number of rotatable bonds is 8. The summed E-state index contributed by atoms with van der Waals surface area (Å²) in [6.45, 7) is 0. The molecule has 0 aliphatic heterocycles. The predicted molar refractivity (Wildman–Crippen MR) is 113 cm³/mol. The maximum Gasteiger partial charge on any atom is 0.301 e. The van der Waals surface area contributed by atoms with Crippen molar-refractivity contribution >= 4 is 38.3 Å². The zero-order chi connectivity index (χ0) is 20.1. The van der Waals surface area contributed by atoms with Gasteiger partial charge >= 0.3 is 10.2 Å². The highest BCUT2D eigenvalue weighted by Crippen LogP contribution is 2.38. The number of hydrogen-bond donors (Lipinski definition) is 2. The van der Waals surface area contributed by atoms with Crippen molar-refractivity contribution in [2.75, 3.05) is 23.7 Å². The number of anilines is 2. The Kier molecular flexibility index (Phi) is 6.69. The molecule has 1 saturated carbocycles. The smallest absolute Gasteiger partial charge is 0.301 e. The van der Waals surface area contributed by atoms with Crippen LogP contribution in [0.1, 0.15) is 43.6 Å². The zero-order valence-electron chi connectivity index (χ0n) is 16.1. The lowest BCUT2D eigenvalue weighted by atomic mass is 9.86. The lowest BCUT2D eigenvalue weighted by Gasteiger charge is -2.26. The van der Waals surface area contributed by atoms with Crippen LogP contribution in [-0.2, 0) is 15.0 Å². The van der Waals surface area contributed by atoms with E-state index in [-0.39, 0.29) is 5.91 Å². The Hall–Kier alpha value is -1.97. The largest absolute Gasteiger partial charge is 0.301 e. The molecule has 1 aliphatic rings. The van der Waals surface area contributed by atoms with Gasteiger partial charge in [-0.15, -0.1) is 11.3 Å². The molecular formula is C19H26N4O3S2. The first kappa shape index (κ1) is 20.8. The molecule has 1 amide bonds. The molecule has 0 saturated heterocycles. The molecule has 2 N–H and O–H groups in total.